The Labute approximate surface area is 129 Å². The van der Waals surface area contributed by atoms with Crippen LogP contribution in [0.15, 0.2) is 41.4 Å². The van der Waals surface area contributed by atoms with E-state index in [1.165, 1.54) is 12.3 Å². The highest BCUT2D eigenvalue weighted by Gasteiger charge is 2.31. The maximum Gasteiger partial charge on any atom is 0.573 e. The predicted molar refractivity (Wildman–Crippen MR) is 78.2 cm³/mol. The van der Waals surface area contributed by atoms with Gasteiger partial charge in [-0.1, -0.05) is 17.7 Å². The van der Waals surface area contributed by atoms with Crippen LogP contribution in [0.4, 0.5) is 18.9 Å². The minimum atomic E-state index is -4.81. The molecule has 2 rings (SSSR count). The summed E-state index contributed by atoms with van der Waals surface area (Å²) in [6.07, 6.45) is -3.50. The minimum absolute atomic E-state index is 0.243. The summed E-state index contributed by atoms with van der Waals surface area (Å²) in [5.41, 5.74) is 1.69. The van der Waals surface area contributed by atoms with Gasteiger partial charge in [0.1, 0.15) is 11.5 Å². The third-order valence-electron chi connectivity index (χ3n) is 2.68. The first kappa shape index (κ1) is 16.2. The van der Waals surface area contributed by atoms with Gasteiger partial charge in [0.2, 0.25) is 0 Å². The van der Waals surface area contributed by atoms with Crippen molar-refractivity contribution in [1.82, 2.24) is 0 Å². The topological polar surface area (TPSA) is 41.8 Å². The van der Waals surface area contributed by atoms with Gasteiger partial charge in [-0.15, -0.1) is 13.2 Å². The Morgan fingerprint density at radius 3 is 2.55 bits per heavy atom. The average Bonchev–Trinajstić information content (AvgIpc) is 2.39. The highest BCUT2D eigenvalue weighted by atomic mass is 35.5. The van der Waals surface area contributed by atoms with Crippen molar-refractivity contribution in [2.24, 2.45) is 4.99 Å². The predicted octanol–water partition coefficient (Wildman–Crippen LogP) is 5.00. The van der Waals surface area contributed by atoms with Crippen LogP contribution in [0.5, 0.6) is 11.5 Å². The highest BCUT2D eigenvalue weighted by molar-refractivity contribution is 6.33. The van der Waals surface area contributed by atoms with Crippen LogP contribution in [-0.2, 0) is 0 Å². The third kappa shape index (κ3) is 4.39. The number of alkyl halides is 3. The van der Waals surface area contributed by atoms with Crippen LogP contribution < -0.4 is 4.74 Å². The Kier molecular flexibility index (Phi) is 4.61. The number of ether oxygens (including phenoxy) is 1. The Balaban J connectivity index is 2.23. The summed E-state index contributed by atoms with van der Waals surface area (Å²) < 4.78 is 40.0. The molecule has 0 amide bonds. The molecule has 22 heavy (non-hydrogen) atoms. The van der Waals surface area contributed by atoms with E-state index in [9.17, 15) is 18.3 Å². The van der Waals surface area contributed by atoms with Gasteiger partial charge < -0.3 is 9.84 Å². The first-order valence-electron chi connectivity index (χ1n) is 6.13. The van der Waals surface area contributed by atoms with Crippen LogP contribution in [0.1, 0.15) is 11.1 Å². The molecule has 0 saturated carbocycles. The monoisotopic (exact) mass is 329 g/mol. The molecule has 116 valence electrons. The molecule has 0 aromatic heterocycles. The van der Waals surface area contributed by atoms with E-state index >= 15 is 0 Å². The van der Waals surface area contributed by atoms with Crippen LogP contribution in [0.2, 0.25) is 5.02 Å². The number of phenols is 1. The van der Waals surface area contributed by atoms with E-state index in [-0.39, 0.29) is 11.3 Å². The fraction of sp³-hybridized carbons (Fsp3) is 0.133. The molecule has 0 aliphatic rings. The summed E-state index contributed by atoms with van der Waals surface area (Å²) in [6, 6.07) is 8.48. The van der Waals surface area contributed by atoms with Crippen molar-refractivity contribution < 1.29 is 23.0 Å². The van der Waals surface area contributed by atoms with Crippen molar-refractivity contribution in [2.75, 3.05) is 0 Å². The second kappa shape index (κ2) is 6.27. The smallest absolute Gasteiger partial charge is 0.507 e. The molecule has 0 radical (unpaired) electrons. The molecule has 0 atom stereocenters. The molecule has 1 N–H and O–H groups in total. The molecule has 7 heteroatoms. The molecule has 0 bridgehead atoms. The van der Waals surface area contributed by atoms with Crippen molar-refractivity contribution in [3.05, 3.63) is 52.5 Å². The molecule has 0 heterocycles. The quantitative estimate of drug-likeness (QED) is 0.805. The largest absolute Gasteiger partial charge is 0.573 e. The van der Waals surface area contributed by atoms with E-state index in [0.717, 1.165) is 17.7 Å². The number of benzene rings is 2. The number of aliphatic imine (C=N–C) groups is 1. The first-order chi connectivity index (χ1) is 10.2. The highest BCUT2D eigenvalue weighted by Crippen LogP contribution is 2.29. The lowest BCUT2D eigenvalue weighted by Gasteiger charge is -2.09. The second-order valence-corrected chi connectivity index (χ2v) is 4.89. The van der Waals surface area contributed by atoms with Crippen LogP contribution >= 0.6 is 11.6 Å². The zero-order chi connectivity index (χ0) is 16.3. The molecule has 3 nitrogen and oxygen atoms in total. The Bertz CT molecular complexity index is 714. The van der Waals surface area contributed by atoms with Crippen molar-refractivity contribution in [3.63, 3.8) is 0 Å². The molecule has 2 aromatic rings. The van der Waals surface area contributed by atoms with Crippen LogP contribution in [0.25, 0.3) is 0 Å². The normalized spacial score (nSPS) is 11.9. The van der Waals surface area contributed by atoms with E-state index < -0.39 is 12.1 Å². The van der Waals surface area contributed by atoms with Gasteiger partial charge >= 0.3 is 6.36 Å². The molecule has 0 unspecified atom stereocenters. The summed E-state index contributed by atoms with van der Waals surface area (Å²) >= 11 is 5.98. The summed E-state index contributed by atoms with van der Waals surface area (Å²) in [5.74, 6) is -0.884. The van der Waals surface area contributed by atoms with Gasteiger partial charge in [0.15, 0.2) is 0 Å². The number of rotatable bonds is 3. The number of hydrogen-bond donors (Lipinski definition) is 1. The summed E-state index contributed by atoms with van der Waals surface area (Å²) in [6.45, 7) is 1.87. The standard InChI is InChI=1S/C15H11ClF3NO2/c1-9-2-5-12(16)13(6-9)20-8-10-3-4-11(7-14(10)21)22-15(17,18)19/h2-8,21H,1H3. The summed E-state index contributed by atoms with van der Waals surface area (Å²) in [7, 11) is 0. The van der Waals surface area contributed by atoms with Crippen molar-refractivity contribution in [1.29, 1.82) is 0 Å². The van der Waals surface area contributed by atoms with E-state index in [4.69, 9.17) is 11.6 Å². The van der Waals surface area contributed by atoms with Gasteiger partial charge in [0.05, 0.1) is 10.7 Å². The fourth-order valence-electron chi connectivity index (χ4n) is 1.69. The average molecular weight is 330 g/mol. The minimum Gasteiger partial charge on any atom is -0.507 e. The van der Waals surface area contributed by atoms with Crippen LogP contribution in [-0.4, -0.2) is 17.7 Å². The van der Waals surface area contributed by atoms with Gasteiger partial charge in [-0.05, 0) is 36.8 Å². The number of phenolic OH excluding ortho intramolecular Hbond substituents is 1. The van der Waals surface area contributed by atoms with Gasteiger partial charge in [0, 0.05) is 17.8 Å². The molecule has 0 aliphatic heterocycles. The molecular formula is C15H11ClF3NO2. The second-order valence-electron chi connectivity index (χ2n) is 4.48. The summed E-state index contributed by atoms with van der Waals surface area (Å²) in [5, 5.41) is 10.1. The molecule has 2 aromatic carbocycles. The van der Waals surface area contributed by atoms with Crippen LogP contribution in [0.3, 0.4) is 0 Å². The number of aromatic hydroxyl groups is 1. The number of aryl methyl sites for hydroxylation is 1. The van der Waals surface area contributed by atoms with Gasteiger partial charge in [0.25, 0.3) is 0 Å². The number of halogens is 4. The van der Waals surface area contributed by atoms with Gasteiger partial charge in [-0.3, -0.25) is 4.99 Å². The Morgan fingerprint density at radius 1 is 1.18 bits per heavy atom. The van der Waals surface area contributed by atoms with Gasteiger partial charge in [-0.25, -0.2) is 0 Å². The third-order valence-corrected chi connectivity index (χ3v) is 3.00. The molecule has 0 saturated heterocycles. The van der Waals surface area contributed by atoms with Crippen molar-refractivity contribution in [3.8, 4) is 11.5 Å². The van der Waals surface area contributed by atoms with Gasteiger partial charge in [-0.2, -0.15) is 0 Å². The summed E-state index contributed by atoms with van der Waals surface area (Å²) in [4.78, 5) is 4.12. The van der Waals surface area contributed by atoms with E-state index in [2.05, 4.69) is 9.73 Å². The Morgan fingerprint density at radius 2 is 1.91 bits per heavy atom. The molecular weight excluding hydrogens is 319 g/mol. The molecule has 0 spiro atoms. The van der Waals surface area contributed by atoms with E-state index in [1.54, 1.807) is 12.1 Å². The lowest BCUT2D eigenvalue weighted by Crippen LogP contribution is -2.17. The zero-order valence-electron chi connectivity index (χ0n) is 11.4. The SMILES string of the molecule is Cc1ccc(Cl)c(N=Cc2ccc(OC(F)(F)F)cc2O)c1. The fourth-order valence-corrected chi connectivity index (χ4v) is 1.86. The van der Waals surface area contributed by atoms with Crippen molar-refractivity contribution >= 4 is 23.5 Å². The lowest BCUT2D eigenvalue weighted by atomic mass is 10.2. The number of hydrogen-bond acceptors (Lipinski definition) is 3. The number of nitrogens with zero attached hydrogens (tertiary/aromatic N) is 1. The lowest BCUT2D eigenvalue weighted by molar-refractivity contribution is -0.274. The molecule has 0 fully saturated rings. The first-order valence-corrected chi connectivity index (χ1v) is 6.51. The van der Waals surface area contributed by atoms with E-state index in [0.29, 0.717) is 10.7 Å². The van der Waals surface area contributed by atoms with E-state index in [1.807, 2.05) is 13.0 Å². The maximum atomic E-state index is 12.1. The van der Waals surface area contributed by atoms with Crippen LogP contribution in [0, 0.1) is 6.92 Å². The Hall–Kier alpha value is -2.21. The zero-order valence-corrected chi connectivity index (χ0v) is 12.1. The van der Waals surface area contributed by atoms with Crippen molar-refractivity contribution in [2.45, 2.75) is 13.3 Å². The molecule has 0 aliphatic carbocycles. The maximum absolute atomic E-state index is 12.1.